The summed E-state index contributed by atoms with van der Waals surface area (Å²) < 4.78 is 1.52. The fraction of sp³-hybridized carbons (Fsp3) is 0.150. The maximum Gasteiger partial charge on any atom is 0.269 e. The lowest BCUT2D eigenvalue weighted by molar-refractivity contribution is 0.474. The predicted octanol–water partition coefficient (Wildman–Crippen LogP) is 3.83. The minimum Gasteiger partial charge on any atom is -0.508 e. The number of rotatable bonds is 6. The number of phenols is 1. The van der Waals surface area contributed by atoms with E-state index < -0.39 is 0 Å². The third kappa shape index (κ3) is 3.88. The molecule has 0 saturated heterocycles. The van der Waals surface area contributed by atoms with E-state index in [0.717, 1.165) is 11.8 Å². The summed E-state index contributed by atoms with van der Waals surface area (Å²) in [5, 5.41) is 20.7. The number of hydrogen-bond acceptors (Lipinski definition) is 6. The van der Waals surface area contributed by atoms with Crippen molar-refractivity contribution >= 4 is 23.8 Å². The summed E-state index contributed by atoms with van der Waals surface area (Å²) in [5.41, 5.74) is 1.51. The summed E-state index contributed by atoms with van der Waals surface area (Å²) in [6.07, 6.45) is 1.02. The van der Waals surface area contributed by atoms with E-state index in [0.29, 0.717) is 16.7 Å². The standard InChI is InChI=1S/C20H20N4O2S/c1-13(14-7-6-10-16(25)11-14)27-20-23-18(22-2)17(12-21)19(26)24(20)15-8-4-3-5-9-15/h3-13,21-22,25H,1-2H3. The van der Waals surface area contributed by atoms with Crippen LogP contribution in [-0.4, -0.2) is 27.9 Å². The Balaban J connectivity index is 2.14. The van der Waals surface area contributed by atoms with Gasteiger partial charge in [-0.1, -0.05) is 42.1 Å². The molecule has 1 unspecified atom stereocenters. The van der Waals surface area contributed by atoms with Gasteiger partial charge in [-0.25, -0.2) is 4.98 Å². The number of aromatic hydroxyl groups is 1. The zero-order valence-corrected chi connectivity index (χ0v) is 15.8. The van der Waals surface area contributed by atoms with Crippen LogP contribution in [0.1, 0.15) is 23.3 Å². The number of anilines is 1. The predicted molar refractivity (Wildman–Crippen MR) is 110 cm³/mol. The molecule has 0 aliphatic carbocycles. The molecule has 138 valence electrons. The largest absolute Gasteiger partial charge is 0.508 e. The second-order valence-corrected chi connectivity index (χ2v) is 7.19. The van der Waals surface area contributed by atoms with Gasteiger partial charge < -0.3 is 15.8 Å². The monoisotopic (exact) mass is 380 g/mol. The van der Waals surface area contributed by atoms with Crippen molar-refractivity contribution in [2.45, 2.75) is 17.3 Å². The van der Waals surface area contributed by atoms with E-state index >= 15 is 0 Å². The third-order valence-electron chi connectivity index (χ3n) is 4.10. The highest BCUT2D eigenvalue weighted by molar-refractivity contribution is 7.99. The Bertz CT molecular complexity index is 1020. The molecular weight excluding hydrogens is 360 g/mol. The molecule has 0 spiro atoms. The van der Waals surface area contributed by atoms with Crippen molar-refractivity contribution in [3.05, 3.63) is 76.1 Å². The first kappa shape index (κ1) is 18.7. The second-order valence-electron chi connectivity index (χ2n) is 5.88. The summed E-state index contributed by atoms with van der Waals surface area (Å²) in [7, 11) is 1.68. The Kier molecular flexibility index (Phi) is 5.61. The Labute approximate surface area is 161 Å². The number of para-hydroxylation sites is 1. The summed E-state index contributed by atoms with van der Waals surface area (Å²) in [6.45, 7) is 1.99. The van der Waals surface area contributed by atoms with Crippen molar-refractivity contribution < 1.29 is 5.11 Å². The van der Waals surface area contributed by atoms with Crippen LogP contribution in [0, 0.1) is 5.41 Å². The van der Waals surface area contributed by atoms with Crippen LogP contribution in [0.15, 0.2) is 64.5 Å². The molecule has 1 heterocycles. The van der Waals surface area contributed by atoms with Crippen LogP contribution in [-0.2, 0) is 0 Å². The SMILES string of the molecule is CNc1nc(SC(C)c2cccc(O)c2)n(-c2ccccc2)c(=O)c1C=N. The van der Waals surface area contributed by atoms with Crippen LogP contribution >= 0.6 is 11.8 Å². The molecule has 3 rings (SSSR count). The summed E-state index contributed by atoms with van der Waals surface area (Å²) >= 11 is 1.42. The molecule has 0 amide bonds. The van der Waals surface area contributed by atoms with Crippen LogP contribution in [0.4, 0.5) is 5.82 Å². The Morgan fingerprint density at radius 3 is 2.59 bits per heavy atom. The Morgan fingerprint density at radius 2 is 1.96 bits per heavy atom. The van der Waals surface area contributed by atoms with E-state index in [1.54, 1.807) is 25.2 Å². The van der Waals surface area contributed by atoms with E-state index in [1.807, 2.05) is 43.3 Å². The van der Waals surface area contributed by atoms with Gasteiger partial charge in [-0.2, -0.15) is 0 Å². The van der Waals surface area contributed by atoms with Crippen LogP contribution in [0.25, 0.3) is 5.69 Å². The first-order valence-corrected chi connectivity index (χ1v) is 9.29. The lowest BCUT2D eigenvalue weighted by atomic mass is 10.1. The van der Waals surface area contributed by atoms with E-state index in [9.17, 15) is 9.90 Å². The van der Waals surface area contributed by atoms with Crippen molar-refractivity contribution in [3.8, 4) is 11.4 Å². The molecule has 2 aromatic carbocycles. The number of phenolic OH excluding ortho intramolecular Hbond substituents is 1. The molecule has 3 aromatic rings. The van der Waals surface area contributed by atoms with Gasteiger partial charge in [0.05, 0.1) is 5.69 Å². The van der Waals surface area contributed by atoms with Crippen molar-refractivity contribution in [2.75, 3.05) is 12.4 Å². The van der Waals surface area contributed by atoms with Gasteiger partial charge in [-0.15, -0.1) is 0 Å². The maximum atomic E-state index is 13.1. The van der Waals surface area contributed by atoms with Crippen LogP contribution in [0.2, 0.25) is 0 Å². The molecule has 27 heavy (non-hydrogen) atoms. The maximum absolute atomic E-state index is 13.1. The summed E-state index contributed by atoms with van der Waals surface area (Å²) in [4.78, 5) is 17.6. The molecule has 7 heteroatoms. The fourth-order valence-corrected chi connectivity index (χ4v) is 3.76. The van der Waals surface area contributed by atoms with Gasteiger partial charge in [0.15, 0.2) is 5.16 Å². The number of nitrogens with zero attached hydrogens (tertiary/aromatic N) is 2. The van der Waals surface area contributed by atoms with E-state index in [1.165, 1.54) is 16.3 Å². The van der Waals surface area contributed by atoms with Gasteiger partial charge in [-0.3, -0.25) is 9.36 Å². The molecule has 3 N–H and O–H groups in total. The van der Waals surface area contributed by atoms with Crippen molar-refractivity contribution in [1.29, 1.82) is 5.41 Å². The first-order valence-electron chi connectivity index (χ1n) is 8.41. The Hall–Kier alpha value is -3.06. The summed E-state index contributed by atoms with van der Waals surface area (Å²) in [6, 6.07) is 16.3. The van der Waals surface area contributed by atoms with Gasteiger partial charge in [0.2, 0.25) is 0 Å². The van der Waals surface area contributed by atoms with E-state index in [2.05, 4.69) is 10.3 Å². The number of thioether (sulfide) groups is 1. The van der Waals surface area contributed by atoms with Gasteiger partial charge in [0, 0.05) is 18.5 Å². The minimum absolute atomic E-state index is 0.0468. The third-order valence-corrected chi connectivity index (χ3v) is 5.22. The highest BCUT2D eigenvalue weighted by Gasteiger charge is 2.19. The van der Waals surface area contributed by atoms with Crippen molar-refractivity contribution in [1.82, 2.24) is 9.55 Å². The highest BCUT2D eigenvalue weighted by Crippen LogP contribution is 2.35. The molecular formula is C20H20N4O2S. The fourth-order valence-electron chi connectivity index (χ4n) is 2.72. The van der Waals surface area contributed by atoms with Crippen LogP contribution in [0.5, 0.6) is 5.75 Å². The average Bonchev–Trinajstić information content (AvgIpc) is 2.68. The van der Waals surface area contributed by atoms with E-state index in [-0.39, 0.29) is 22.1 Å². The molecule has 0 bridgehead atoms. The molecule has 0 aliphatic heterocycles. The van der Waals surface area contributed by atoms with Gasteiger partial charge >= 0.3 is 0 Å². The molecule has 0 saturated carbocycles. The smallest absolute Gasteiger partial charge is 0.269 e. The lowest BCUT2D eigenvalue weighted by Gasteiger charge is -2.18. The van der Waals surface area contributed by atoms with Gasteiger partial charge in [0.1, 0.15) is 17.1 Å². The molecule has 1 atom stereocenters. The molecule has 0 aliphatic rings. The Morgan fingerprint density at radius 1 is 1.22 bits per heavy atom. The topological polar surface area (TPSA) is 91.0 Å². The van der Waals surface area contributed by atoms with Crippen molar-refractivity contribution in [2.24, 2.45) is 0 Å². The van der Waals surface area contributed by atoms with Gasteiger partial charge in [-0.05, 0) is 36.8 Å². The first-order chi connectivity index (χ1) is 13.0. The molecule has 1 aromatic heterocycles. The number of aromatic nitrogens is 2. The number of hydrogen-bond donors (Lipinski definition) is 3. The lowest BCUT2D eigenvalue weighted by Crippen LogP contribution is -2.26. The zero-order valence-electron chi connectivity index (χ0n) is 15.0. The van der Waals surface area contributed by atoms with Crippen molar-refractivity contribution in [3.63, 3.8) is 0 Å². The highest BCUT2D eigenvalue weighted by atomic mass is 32.2. The molecule has 6 nitrogen and oxygen atoms in total. The van der Waals surface area contributed by atoms with Gasteiger partial charge in [0.25, 0.3) is 5.56 Å². The quantitative estimate of drug-likeness (QED) is 0.343. The second kappa shape index (κ2) is 8.09. The minimum atomic E-state index is -0.304. The van der Waals surface area contributed by atoms with E-state index in [4.69, 9.17) is 5.41 Å². The number of benzene rings is 2. The molecule has 0 radical (unpaired) electrons. The average molecular weight is 380 g/mol. The zero-order chi connectivity index (χ0) is 19.4. The molecule has 0 fully saturated rings. The normalized spacial score (nSPS) is 11.8. The summed E-state index contributed by atoms with van der Waals surface area (Å²) in [5.74, 6) is 0.566. The number of nitrogens with one attached hydrogen (secondary N) is 2. The van der Waals surface area contributed by atoms with Crippen LogP contribution in [0.3, 0.4) is 0 Å². The van der Waals surface area contributed by atoms with Crippen LogP contribution < -0.4 is 10.9 Å².